The summed E-state index contributed by atoms with van der Waals surface area (Å²) in [4.78, 5) is 14.7. The molecule has 1 aromatic carbocycles. The maximum atomic E-state index is 11.5. The Labute approximate surface area is 94.7 Å². The summed E-state index contributed by atoms with van der Waals surface area (Å²) < 4.78 is 0. The molecule has 1 aliphatic carbocycles. The highest BCUT2D eigenvalue weighted by Crippen LogP contribution is 2.34. The molecular weight excluding hydrogens is 198 g/mol. The number of hydrogen-bond acceptors (Lipinski definition) is 1. The maximum Gasteiger partial charge on any atom is 0.133 e. The third kappa shape index (κ3) is 1.54. The lowest BCUT2D eigenvalue weighted by atomic mass is 9.82. The number of aromatic amines is 1. The predicted octanol–water partition coefficient (Wildman–Crippen LogP) is 3.39. The summed E-state index contributed by atoms with van der Waals surface area (Å²) in [5.41, 5.74) is 2.52. The van der Waals surface area contributed by atoms with E-state index in [1.165, 1.54) is 16.5 Å². The van der Waals surface area contributed by atoms with Gasteiger partial charge in [-0.15, -0.1) is 0 Å². The number of benzene rings is 1. The molecular formula is C14H15NO. The van der Waals surface area contributed by atoms with E-state index in [0.29, 0.717) is 11.7 Å². The van der Waals surface area contributed by atoms with E-state index in [-0.39, 0.29) is 0 Å². The van der Waals surface area contributed by atoms with Gasteiger partial charge in [0.1, 0.15) is 5.78 Å². The lowest BCUT2D eigenvalue weighted by Crippen LogP contribution is -2.13. The number of H-pyrrole nitrogens is 1. The van der Waals surface area contributed by atoms with Crippen molar-refractivity contribution in [3.63, 3.8) is 0 Å². The largest absolute Gasteiger partial charge is 0.361 e. The van der Waals surface area contributed by atoms with Crippen LogP contribution >= 0.6 is 0 Å². The van der Waals surface area contributed by atoms with Crippen molar-refractivity contribution in [1.29, 1.82) is 0 Å². The molecule has 1 aliphatic rings. The first-order valence-corrected chi connectivity index (χ1v) is 5.92. The van der Waals surface area contributed by atoms with E-state index in [4.69, 9.17) is 0 Å². The average Bonchev–Trinajstić information content (AvgIpc) is 2.76. The molecule has 2 heteroatoms. The Morgan fingerprint density at radius 2 is 2.19 bits per heavy atom. The highest BCUT2D eigenvalue weighted by atomic mass is 16.1. The number of fused-ring (bicyclic) bond motifs is 1. The molecule has 0 spiro atoms. The monoisotopic (exact) mass is 213 g/mol. The number of carbonyl (C=O) groups excluding carboxylic acids is 1. The van der Waals surface area contributed by atoms with Crippen molar-refractivity contribution in [2.75, 3.05) is 0 Å². The number of ketones is 1. The van der Waals surface area contributed by atoms with E-state index >= 15 is 0 Å². The second-order valence-electron chi connectivity index (χ2n) is 4.62. The molecule has 0 saturated heterocycles. The Morgan fingerprint density at radius 3 is 3.06 bits per heavy atom. The second-order valence-corrected chi connectivity index (χ2v) is 4.62. The van der Waals surface area contributed by atoms with Crippen molar-refractivity contribution in [3.8, 4) is 0 Å². The minimum absolute atomic E-state index is 0.420. The van der Waals surface area contributed by atoms with Gasteiger partial charge < -0.3 is 4.98 Å². The molecule has 1 heterocycles. The summed E-state index contributed by atoms with van der Waals surface area (Å²) in [5, 5.41) is 1.28. The van der Waals surface area contributed by atoms with Gasteiger partial charge in [-0.25, -0.2) is 0 Å². The number of rotatable bonds is 1. The third-order valence-corrected chi connectivity index (χ3v) is 3.55. The van der Waals surface area contributed by atoms with Gasteiger partial charge in [-0.3, -0.25) is 4.79 Å². The molecule has 2 aromatic rings. The fraction of sp³-hybridized carbons (Fsp3) is 0.357. The zero-order valence-electron chi connectivity index (χ0n) is 9.20. The van der Waals surface area contributed by atoms with Crippen LogP contribution in [0, 0.1) is 0 Å². The molecule has 1 atom stereocenters. The molecule has 1 saturated carbocycles. The van der Waals surface area contributed by atoms with Crippen LogP contribution in [0.15, 0.2) is 30.5 Å². The van der Waals surface area contributed by atoms with Gasteiger partial charge in [0, 0.05) is 29.9 Å². The van der Waals surface area contributed by atoms with E-state index in [1.54, 1.807) is 0 Å². The molecule has 2 nitrogen and oxygen atoms in total. The summed E-state index contributed by atoms with van der Waals surface area (Å²) in [5.74, 6) is 0.851. The SMILES string of the molecule is O=C1CCCC(c2cccc3[nH]ccc23)C1. The minimum Gasteiger partial charge on any atom is -0.361 e. The van der Waals surface area contributed by atoms with Crippen molar-refractivity contribution >= 4 is 16.7 Å². The van der Waals surface area contributed by atoms with Gasteiger partial charge in [0.05, 0.1) is 0 Å². The van der Waals surface area contributed by atoms with Crippen LogP contribution in [-0.4, -0.2) is 10.8 Å². The molecule has 0 bridgehead atoms. The summed E-state index contributed by atoms with van der Waals surface area (Å²) in [6, 6.07) is 8.44. The Morgan fingerprint density at radius 1 is 1.25 bits per heavy atom. The third-order valence-electron chi connectivity index (χ3n) is 3.55. The van der Waals surface area contributed by atoms with Crippen LogP contribution in [0.3, 0.4) is 0 Å². The van der Waals surface area contributed by atoms with Crippen molar-refractivity contribution in [3.05, 3.63) is 36.0 Å². The number of Topliss-reactive ketones (excluding diaryl/α,β-unsaturated/α-hetero) is 1. The van der Waals surface area contributed by atoms with Crippen molar-refractivity contribution in [2.24, 2.45) is 0 Å². The zero-order chi connectivity index (χ0) is 11.0. The molecule has 1 N–H and O–H groups in total. The summed E-state index contributed by atoms with van der Waals surface area (Å²) in [6.45, 7) is 0. The lowest BCUT2D eigenvalue weighted by Gasteiger charge is -2.21. The summed E-state index contributed by atoms with van der Waals surface area (Å²) in [6.07, 6.45) is 5.67. The molecule has 3 rings (SSSR count). The number of nitrogens with one attached hydrogen (secondary N) is 1. The van der Waals surface area contributed by atoms with Gasteiger partial charge >= 0.3 is 0 Å². The molecule has 1 fully saturated rings. The minimum atomic E-state index is 0.420. The fourth-order valence-electron chi connectivity index (χ4n) is 2.76. The summed E-state index contributed by atoms with van der Waals surface area (Å²) in [7, 11) is 0. The van der Waals surface area contributed by atoms with Gasteiger partial charge in [0.25, 0.3) is 0 Å². The molecule has 0 radical (unpaired) electrons. The maximum absolute atomic E-state index is 11.5. The average molecular weight is 213 g/mol. The molecule has 1 unspecified atom stereocenters. The van der Waals surface area contributed by atoms with Crippen LogP contribution in [0.4, 0.5) is 0 Å². The standard InChI is InChI=1S/C14H15NO/c16-11-4-1-3-10(9-11)12-5-2-6-14-13(12)7-8-15-14/h2,5-8,10,15H,1,3-4,9H2. The smallest absolute Gasteiger partial charge is 0.133 e. The van der Waals surface area contributed by atoms with Crippen LogP contribution in [0.5, 0.6) is 0 Å². The predicted molar refractivity (Wildman–Crippen MR) is 64.5 cm³/mol. The Hall–Kier alpha value is -1.57. The van der Waals surface area contributed by atoms with Gasteiger partial charge in [-0.1, -0.05) is 12.1 Å². The van der Waals surface area contributed by atoms with Gasteiger partial charge in [-0.2, -0.15) is 0 Å². The first kappa shape index (κ1) is 9.64. The van der Waals surface area contributed by atoms with Crippen LogP contribution in [0.2, 0.25) is 0 Å². The Kier molecular flexibility index (Phi) is 2.28. The van der Waals surface area contributed by atoms with E-state index in [9.17, 15) is 4.79 Å². The van der Waals surface area contributed by atoms with Gasteiger partial charge in [0.2, 0.25) is 0 Å². The topological polar surface area (TPSA) is 32.9 Å². The van der Waals surface area contributed by atoms with Crippen LogP contribution in [0.25, 0.3) is 10.9 Å². The Balaban J connectivity index is 2.04. The van der Waals surface area contributed by atoms with Gasteiger partial charge in [0.15, 0.2) is 0 Å². The van der Waals surface area contributed by atoms with Crippen molar-refractivity contribution in [1.82, 2.24) is 4.98 Å². The van der Waals surface area contributed by atoms with E-state index < -0.39 is 0 Å². The van der Waals surface area contributed by atoms with Gasteiger partial charge in [-0.05, 0) is 36.5 Å². The summed E-state index contributed by atoms with van der Waals surface area (Å²) >= 11 is 0. The van der Waals surface area contributed by atoms with E-state index in [2.05, 4.69) is 29.2 Å². The highest BCUT2D eigenvalue weighted by Gasteiger charge is 2.22. The quantitative estimate of drug-likeness (QED) is 0.773. The lowest BCUT2D eigenvalue weighted by molar-refractivity contribution is -0.120. The molecule has 1 aromatic heterocycles. The second kappa shape index (κ2) is 3.78. The fourth-order valence-corrected chi connectivity index (χ4v) is 2.76. The first-order chi connectivity index (χ1) is 7.84. The van der Waals surface area contributed by atoms with E-state index in [1.807, 2.05) is 6.20 Å². The van der Waals surface area contributed by atoms with Crippen molar-refractivity contribution in [2.45, 2.75) is 31.6 Å². The number of hydrogen-bond donors (Lipinski definition) is 1. The number of carbonyl (C=O) groups is 1. The van der Waals surface area contributed by atoms with Crippen LogP contribution in [-0.2, 0) is 4.79 Å². The van der Waals surface area contributed by atoms with E-state index in [0.717, 1.165) is 25.7 Å². The normalized spacial score (nSPS) is 21.5. The highest BCUT2D eigenvalue weighted by molar-refractivity contribution is 5.85. The first-order valence-electron chi connectivity index (χ1n) is 5.92. The molecule has 0 aliphatic heterocycles. The van der Waals surface area contributed by atoms with Crippen molar-refractivity contribution < 1.29 is 4.79 Å². The number of aromatic nitrogens is 1. The zero-order valence-corrected chi connectivity index (χ0v) is 9.20. The van der Waals surface area contributed by atoms with Crippen LogP contribution < -0.4 is 0 Å². The molecule has 16 heavy (non-hydrogen) atoms. The molecule has 0 amide bonds. The Bertz CT molecular complexity index is 526. The van der Waals surface area contributed by atoms with Crippen LogP contribution in [0.1, 0.15) is 37.2 Å². The molecule has 82 valence electrons.